The lowest BCUT2D eigenvalue weighted by Gasteiger charge is -2.25. The molecule has 1 unspecified atom stereocenters. The van der Waals surface area contributed by atoms with Crippen molar-refractivity contribution in [2.24, 2.45) is 0 Å². The Bertz CT molecular complexity index is 998. The van der Waals surface area contributed by atoms with Crippen LogP contribution in [0.3, 0.4) is 0 Å². The highest BCUT2D eigenvalue weighted by Gasteiger charge is 2.45. The lowest BCUT2D eigenvalue weighted by Crippen LogP contribution is -2.31. The smallest absolute Gasteiger partial charge is 0.290 e. The minimum absolute atomic E-state index is 0.0463. The molecule has 0 saturated heterocycles. The van der Waals surface area contributed by atoms with Gasteiger partial charge in [0.15, 0.2) is 11.5 Å². The van der Waals surface area contributed by atoms with E-state index in [1.165, 1.54) is 17.2 Å². The van der Waals surface area contributed by atoms with Gasteiger partial charge in [-0.25, -0.2) is 0 Å². The first-order valence-electron chi connectivity index (χ1n) is 8.30. The van der Waals surface area contributed by atoms with Gasteiger partial charge in [-0.1, -0.05) is 12.1 Å². The number of aromatic nitrogens is 2. The molecule has 1 atom stereocenters. The van der Waals surface area contributed by atoms with Crippen LogP contribution in [-0.4, -0.2) is 31.7 Å². The fraction of sp³-hybridized carbons (Fsp3) is 0.100. The van der Waals surface area contributed by atoms with E-state index in [-0.39, 0.29) is 17.9 Å². The number of carbonyl (C=O) groups excluding carboxylic acids is 2. The van der Waals surface area contributed by atoms with Crippen molar-refractivity contribution in [3.63, 3.8) is 0 Å². The summed E-state index contributed by atoms with van der Waals surface area (Å²) < 4.78 is 5.17. The summed E-state index contributed by atoms with van der Waals surface area (Å²) in [6.45, 7) is 0.125. The van der Waals surface area contributed by atoms with E-state index >= 15 is 0 Å². The van der Waals surface area contributed by atoms with Gasteiger partial charge in [-0.05, 0) is 36.4 Å². The first-order valence-corrected chi connectivity index (χ1v) is 8.30. The fourth-order valence-corrected chi connectivity index (χ4v) is 3.10. The molecule has 1 N–H and O–H groups in total. The number of hydrogen-bond acceptors (Lipinski definition) is 6. The zero-order valence-corrected chi connectivity index (χ0v) is 14.1. The molecular formula is C20H15N3O4. The fourth-order valence-electron chi connectivity index (χ4n) is 3.10. The van der Waals surface area contributed by atoms with Crippen LogP contribution in [0.1, 0.15) is 28.0 Å². The van der Waals surface area contributed by atoms with Crippen molar-refractivity contribution >= 4 is 11.7 Å². The minimum atomic E-state index is -0.835. The zero-order chi connectivity index (χ0) is 18.8. The van der Waals surface area contributed by atoms with Gasteiger partial charge in [0.05, 0.1) is 29.8 Å². The van der Waals surface area contributed by atoms with E-state index in [0.29, 0.717) is 11.4 Å². The number of nitrogens with zero attached hydrogens (tertiary/aromatic N) is 3. The van der Waals surface area contributed by atoms with Crippen LogP contribution < -0.4 is 0 Å². The van der Waals surface area contributed by atoms with Gasteiger partial charge in [0.2, 0.25) is 5.78 Å². The first kappa shape index (κ1) is 16.7. The zero-order valence-electron chi connectivity index (χ0n) is 14.1. The Balaban J connectivity index is 1.79. The molecular weight excluding hydrogens is 346 g/mol. The first-order chi connectivity index (χ1) is 13.2. The quantitative estimate of drug-likeness (QED) is 0.702. The van der Waals surface area contributed by atoms with Gasteiger partial charge < -0.3 is 14.4 Å². The van der Waals surface area contributed by atoms with Crippen LogP contribution >= 0.6 is 0 Å². The standard InChI is InChI=1S/C20H15N3O4/c24-18(15-8-5-11-27-15)16-17(14-7-2-4-10-22-14)23(20(26)19(16)25)12-13-6-1-3-9-21-13/h1-11,17,25H,12H2. The number of amides is 1. The number of Topliss-reactive ketones (excluding diaryl/α,β-unsaturated/α-hetero) is 1. The number of furan rings is 1. The highest BCUT2D eigenvalue weighted by molar-refractivity contribution is 6.14. The van der Waals surface area contributed by atoms with Crippen molar-refractivity contribution in [3.05, 3.63) is 95.7 Å². The molecule has 1 aliphatic rings. The molecule has 0 aromatic carbocycles. The molecule has 1 aliphatic heterocycles. The molecule has 0 fully saturated rings. The number of hydrogen-bond donors (Lipinski definition) is 1. The van der Waals surface area contributed by atoms with E-state index in [4.69, 9.17) is 4.42 Å². The molecule has 0 aliphatic carbocycles. The number of ketones is 1. The van der Waals surface area contributed by atoms with Gasteiger partial charge in [-0.3, -0.25) is 19.6 Å². The maximum atomic E-state index is 12.9. The van der Waals surface area contributed by atoms with Gasteiger partial charge in [0, 0.05) is 12.4 Å². The Morgan fingerprint density at radius 3 is 2.48 bits per heavy atom. The maximum absolute atomic E-state index is 12.9. The van der Waals surface area contributed by atoms with E-state index in [0.717, 1.165) is 0 Å². The summed E-state index contributed by atoms with van der Waals surface area (Å²) in [6.07, 6.45) is 4.56. The second kappa shape index (κ2) is 6.87. The summed E-state index contributed by atoms with van der Waals surface area (Å²) >= 11 is 0. The topological polar surface area (TPSA) is 96.5 Å². The molecule has 1 amide bonds. The Kier molecular flexibility index (Phi) is 4.25. The van der Waals surface area contributed by atoms with Crippen LogP contribution in [0.15, 0.2) is 82.9 Å². The van der Waals surface area contributed by atoms with Gasteiger partial charge in [-0.2, -0.15) is 0 Å². The average molecular weight is 361 g/mol. The van der Waals surface area contributed by atoms with E-state index in [2.05, 4.69) is 9.97 Å². The van der Waals surface area contributed by atoms with Crippen molar-refractivity contribution in [2.45, 2.75) is 12.6 Å². The predicted octanol–water partition coefficient (Wildman–Crippen LogP) is 2.85. The van der Waals surface area contributed by atoms with Crippen LogP contribution in [0, 0.1) is 0 Å². The van der Waals surface area contributed by atoms with E-state index < -0.39 is 23.5 Å². The molecule has 0 spiro atoms. The van der Waals surface area contributed by atoms with E-state index in [1.54, 1.807) is 54.9 Å². The van der Waals surface area contributed by atoms with Crippen molar-refractivity contribution in [1.82, 2.24) is 14.9 Å². The van der Waals surface area contributed by atoms with Gasteiger partial charge in [0.1, 0.15) is 6.04 Å². The highest BCUT2D eigenvalue weighted by atomic mass is 16.3. The predicted molar refractivity (Wildman–Crippen MR) is 94.5 cm³/mol. The molecule has 0 radical (unpaired) electrons. The maximum Gasteiger partial charge on any atom is 0.290 e. The summed E-state index contributed by atoms with van der Waals surface area (Å²) in [4.78, 5) is 35.6. The molecule has 0 saturated carbocycles. The molecule has 3 aromatic rings. The Morgan fingerprint density at radius 1 is 1.07 bits per heavy atom. The molecule has 4 rings (SSSR count). The number of carbonyl (C=O) groups is 2. The van der Waals surface area contributed by atoms with Gasteiger partial charge >= 0.3 is 0 Å². The molecule has 7 heteroatoms. The molecule has 7 nitrogen and oxygen atoms in total. The summed E-state index contributed by atoms with van der Waals surface area (Å²) in [5.74, 6) is -1.75. The SMILES string of the molecule is O=C(C1=C(O)C(=O)N(Cc2ccccn2)C1c1ccccn1)c1ccco1. The summed E-state index contributed by atoms with van der Waals surface area (Å²) in [5.41, 5.74) is 1.05. The third-order valence-electron chi connectivity index (χ3n) is 4.32. The van der Waals surface area contributed by atoms with Gasteiger partial charge in [-0.15, -0.1) is 0 Å². The van der Waals surface area contributed by atoms with Crippen molar-refractivity contribution < 1.29 is 19.1 Å². The monoisotopic (exact) mass is 361 g/mol. The van der Waals surface area contributed by atoms with E-state index in [9.17, 15) is 14.7 Å². The van der Waals surface area contributed by atoms with Crippen molar-refractivity contribution in [1.29, 1.82) is 0 Å². The Hall–Kier alpha value is -3.74. The second-order valence-electron chi connectivity index (χ2n) is 5.98. The molecule has 27 heavy (non-hydrogen) atoms. The summed E-state index contributed by atoms with van der Waals surface area (Å²) in [5, 5.41) is 10.5. The van der Waals surface area contributed by atoms with Gasteiger partial charge in [0.25, 0.3) is 5.91 Å². The number of rotatable bonds is 5. The second-order valence-corrected chi connectivity index (χ2v) is 5.98. The van der Waals surface area contributed by atoms with Crippen LogP contribution in [-0.2, 0) is 11.3 Å². The number of aliphatic hydroxyl groups excluding tert-OH is 1. The lowest BCUT2D eigenvalue weighted by molar-refractivity contribution is -0.130. The van der Waals surface area contributed by atoms with E-state index in [1.807, 2.05) is 0 Å². The van der Waals surface area contributed by atoms with Crippen LogP contribution in [0.25, 0.3) is 0 Å². The molecule has 4 heterocycles. The number of aliphatic hydroxyl groups is 1. The number of pyridine rings is 2. The Morgan fingerprint density at radius 2 is 1.85 bits per heavy atom. The van der Waals surface area contributed by atoms with Crippen LogP contribution in [0.2, 0.25) is 0 Å². The third kappa shape index (κ3) is 2.99. The lowest BCUT2D eigenvalue weighted by atomic mass is 9.98. The highest BCUT2D eigenvalue weighted by Crippen LogP contribution is 2.38. The normalized spacial score (nSPS) is 16.8. The largest absolute Gasteiger partial charge is 0.503 e. The molecule has 134 valence electrons. The average Bonchev–Trinajstić information content (AvgIpc) is 3.32. The summed E-state index contributed by atoms with van der Waals surface area (Å²) in [6, 6.07) is 12.8. The Labute approximate surface area is 154 Å². The van der Waals surface area contributed by atoms with Crippen LogP contribution in [0.4, 0.5) is 0 Å². The molecule has 0 bridgehead atoms. The molecule has 3 aromatic heterocycles. The van der Waals surface area contributed by atoms with Crippen LogP contribution in [0.5, 0.6) is 0 Å². The van der Waals surface area contributed by atoms with Crippen molar-refractivity contribution in [2.75, 3.05) is 0 Å². The van der Waals surface area contributed by atoms with Crippen molar-refractivity contribution in [3.8, 4) is 0 Å². The third-order valence-corrected chi connectivity index (χ3v) is 4.32. The minimum Gasteiger partial charge on any atom is -0.503 e. The summed E-state index contributed by atoms with van der Waals surface area (Å²) in [7, 11) is 0.